The first-order chi connectivity index (χ1) is 6.56. The van der Waals surface area contributed by atoms with Crippen LogP contribution in [0.15, 0.2) is 18.2 Å². The van der Waals surface area contributed by atoms with Crippen molar-refractivity contribution in [2.75, 3.05) is 5.88 Å². The first kappa shape index (κ1) is 11.7. The third-order valence-corrected chi connectivity index (χ3v) is 3.49. The SMILES string of the molecule is Cc1ccc(C(=O)C(Br)CCl)c(C)c1. The van der Waals surface area contributed by atoms with E-state index in [2.05, 4.69) is 15.9 Å². The van der Waals surface area contributed by atoms with Gasteiger partial charge in [0, 0.05) is 11.4 Å². The van der Waals surface area contributed by atoms with E-state index >= 15 is 0 Å². The number of halogens is 2. The lowest BCUT2D eigenvalue weighted by Gasteiger charge is -2.08. The van der Waals surface area contributed by atoms with E-state index in [9.17, 15) is 4.79 Å². The molecule has 14 heavy (non-hydrogen) atoms. The molecule has 0 spiro atoms. The number of hydrogen-bond acceptors (Lipinski definition) is 1. The average molecular weight is 276 g/mol. The lowest BCUT2D eigenvalue weighted by molar-refractivity contribution is 0.0996. The second kappa shape index (κ2) is 4.94. The van der Waals surface area contributed by atoms with E-state index in [1.165, 1.54) is 0 Å². The van der Waals surface area contributed by atoms with Crippen LogP contribution in [0.2, 0.25) is 0 Å². The van der Waals surface area contributed by atoms with Crippen LogP contribution in [0.1, 0.15) is 21.5 Å². The van der Waals surface area contributed by atoms with E-state index in [1.807, 2.05) is 32.0 Å². The number of benzene rings is 1. The van der Waals surface area contributed by atoms with Crippen molar-refractivity contribution in [2.24, 2.45) is 0 Å². The largest absolute Gasteiger partial charge is 0.293 e. The number of rotatable bonds is 3. The molecule has 0 amide bonds. The molecule has 1 aromatic rings. The number of Topliss-reactive ketones (excluding diaryl/α,β-unsaturated/α-hetero) is 1. The van der Waals surface area contributed by atoms with Crippen LogP contribution in [0.25, 0.3) is 0 Å². The van der Waals surface area contributed by atoms with E-state index < -0.39 is 0 Å². The molecule has 0 aliphatic carbocycles. The van der Waals surface area contributed by atoms with Crippen LogP contribution in [-0.4, -0.2) is 16.5 Å². The Balaban J connectivity index is 3.02. The Labute approximate surface area is 97.6 Å². The lowest BCUT2D eigenvalue weighted by atomic mass is 10.0. The molecular formula is C11H12BrClO. The summed E-state index contributed by atoms with van der Waals surface area (Å²) in [6.45, 7) is 3.95. The van der Waals surface area contributed by atoms with Crippen LogP contribution in [0.5, 0.6) is 0 Å². The maximum absolute atomic E-state index is 11.8. The molecule has 0 saturated heterocycles. The van der Waals surface area contributed by atoms with Crippen molar-refractivity contribution in [3.05, 3.63) is 34.9 Å². The van der Waals surface area contributed by atoms with Gasteiger partial charge in [0.05, 0.1) is 4.83 Å². The fourth-order valence-electron chi connectivity index (χ4n) is 1.33. The zero-order valence-electron chi connectivity index (χ0n) is 8.18. The summed E-state index contributed by atoms with van der Waals surface area (Å²) in [4.78, 5) is 11.5. The molecule has 0 aromatic heterocycles. The highest BCUT2D eigenvalue weighted by molar-refractivity contribution is 9.10. The third-order valence-electron chi connectivity index (χ3n) is 2.07. The maximum atomic E-state index is 11.8. The molecule has 76 valence electrons. The molecule has 3 heteroatoms. The van der Waals surface area contributed by atoms with E-state index in [0.29, 0.717) is 5.88 Å². The number of alkyl halides is 2. The Bertz CT molecular complexity index is 349. The minimum Gasteiger partial charge on any atom is -0.293 e. The lowest BCUT2D eigenvalue weighted by Crippen LogP contribution is -2.16. The standard InChI is InChI=1S/C11H12BrClO/c1-7-3-4-9(8(2)5-7)11(14)10(12)6-13/h3-5,10H,6H2,1-2H3. The number of ketones is 1. The molecule has 0 aliphatic heterocycles. The molecule has 1 aromatic carbocycles. The number of aryl methyl sites for hydroxylation is 2. The summed E-state index contributed by atoms with van der Waals surface area (Å²) in [6, 6.07) is 5.79. The minimum atomic E-state index is -0.287. The average Bonchev–Trinajstić information content (AvgIpc) is 2.15. The molecular weight excluding hydrogens is 263 g/mol. The van der Waals surface area contributed by atoms with Gasteiger partial charge in [0.2, 0.25) is 0 Å². The summed E-state index contributed by atoms with van der Waals surface area (Å²) in [6.07, 6.45) is 0. The zero-order chi connectivity index (χ0) is 10.7. The predicted molar refractivity (Wildman–Crippen MR) is 63.7 cm³/mol. The van der Waals surface area contributed by atoms with E-state index in [0.717, 1.165) is 16.7 Å². The Kier molecular flexibility index (Phi) is 4.14. The minimum absolute atomic E-state index is 0.0532. The van der Waals surface area contributed by atoms with Gasteiger partial charge < -0.3 is 0 Å². The van der Waals surface area contributed by atoms with Crippen molar-refractivity contribution < 1.29 is 4.79 Å². The first-order valence-corrected chi connectivity index (χ1v) is 5.82. The van der Waals surface area contributed by atoms with Gasteiger partial charge in [-0.3, -0.25) is 4.79 Å². The molecule has 0 fully saturated rings. The van der Waals surface area contributed by atoms with Crippen molar-refractivity contribution in [1.29, 1.82) is 0 Å². The van der Waals surface area contributed by atoms with Crippen LogP contribution >= 0.6 is 27.5 Å². The maximum Gasteiger partial charge on any atom is 0.177 e. The second-order valence-corrected chi connectivity index (χ2v) is 4.72. The Morgan fingerprint density at radius 3 is 2.64 bits per heavy atom. The van der Waals surface area contributed by atoms with Gasteiger partial charge in [-0.05, 0) is 19.4 Å². The molecule has 0 N–H and O–H groups in total. The van der Waals surface area contributed by atoms with Crippen molar-refractivity contribution in [3.8, 4) is 0 Å². The van der Waals surface area contributed by atoms with Gasteiger partial charge in [0.15, 0.2) is 5.78 Å². The Morgan fingerprint density at radius 2 is 2.14 bits per heavy atom. The van der Waals surface area contributed by atoms with E-state index in [-0.39, 0.29) is 10.6 Å². The molecule has 1 nitrogen and oxygen atoms in total. The van der Waals surface area contributed by atoms with Crippen LogP contribution in [0.4, 0.5) is 0 Å². The third kappa shape index (κ3) is 2.58. The number of hydrogen-bond donors (Lipinski definition) is 0. The molecule has 1 atom stereocenters. The van der Waals surface area contributed by atoms with Crippen molar-refractivity contribution in [1.82, 2.24) is 0 Å². The van der Waals surface area contributed by atoms with Gasteiger partial charge >= 0.3 is 0 Å². The van der Waals surface area contributed by atoms with Gasteiger partial charge in [0.1, 0.15) is 0 Å². The molecule has 0 bridgehead atoms. The van der Waals surface area contributed by atoms with Gasteiger partial charge in [-0.15, -0.1) is 11.6 Å². The van der Waals surface area contributed by atoms with E-state index in [4.69, 9.17) is 11.6 Å². The molecule has 0 saturated carbocycles. The Morgan fingerprint density at radius 1 is 1.50 bits per heavy atom. The van der Waals surface area contributed by atoms with Crippen LogP contribution in [-0.2, 0) is 0 Å². The monoisotopic (exact) mass is 274 g/mol. The zero-order valence-corrected chi connectivity index (χ0v) is 10.5. The predicted octanol–water partition coefficient (Wildman–Crippen LogP) is 3.49. The highest BCUT2D eigenvalue weighted by Crippen LogP contribution is 2.16. The quantitative estimate of drug-likeness (QED) is 0.610. The van der Waals surface area contributed by atoms with Crippen LogP contribution in [0.3, 0.4) is 0 Å². The fraction of sp³-hybridized carbons (Fsp3) is 0.364. The first-order valence-electron chi connectivity index (χ1n) is 4.37. The summed E-state index contributed by atoms with van der Waals surface area (Å²) in [5.41, 5.74) is 2.92. The van der Waals surface area contributed by atoms with Crippen LogP contribution < -0.4 is 0 Å². The molecule has 0 radical (unpaired) electrons. The van der Waals surface area contributed by atoms with Crippen molar-refractivity contribution >= 4 is 33.3 Å². The topological polar surface area (TPSA) is 17.1 Å². The molecule has 0 heterocycles. The Hall–Kier alpha value is -0.340. The highest BCUT2D eigenvalue weighted by Gasteiger charge is 2.17. The summed E-state index contributed by atoms with van der Waals surface area (Å²) in [7, 11) is 0. The van der Waals surface area contributed by atoms with Gasteiger partial charge in [-0.2, -0.15) is 0 Å². The summed E-state index contributed by atoms with van der Waals surface area (Å²) >= 11 is 8.86. The van der Waals surface area contributed by atoms with E-state index in [1.54, 1.807) is 0 Å². The van der Waals surface area contributed by atoms with Crippen LogP contribution in [0, 0.1) is 13.8 Å². The van der Waals surface area contributed by atoms with Crippen molar-refractivity contribution in [3.63, 3.8) is 0 Å². The fourth-order valence-corrected chi connectivity index (χ4v) is 1.72. The molecule has 1 unspecified atom stereocenters. The number of carbonyl (C=O) groups excluding carboxylic acids is 1. The highest BCUT2D eigenvalue weighted by atomic mass is 79.9. The summed E-state index contributed by atoms with van der Waals surface area (Å²) in [5.74, 6) is 0.351. The molecule has 1 rings (SSSR count). The van der Waals surface area contributed by atoms with Gasteiger partial charge in [-0.1, -0.05) is 39.7 Å². The van der Waals surface area contributed by atoms with Crippen molar-refractivity contribution in [2.45, 2.75) is 18.7 Å². The normalized spacial score (nSPS) is 12.6. The molecule has 0 aliphatic rings. The second-order valence-electron chi connectivity index (χ2n) is 3.30. The number of carbonyl (C=O) groups is 1. The summed E-state index contributed by atoms with van der Waals surface area (Å²) in [5, 5.41) is 0. The summed E-state index contributed by atoms with van der Waals surface area (Å²) < 4.78 is 0. The van der Waals surface area contributed by atoms with Gasteiger partial charge in [-0.25, -0.2) is 0 Å². The smallest absolute Gasteiger partial charge is 0.177 e. The van der Waals surface area contributed by atoms with Gasteiger partial charge in [0.25, 0.3) is 0 Å².